The van der Waals surface area contributed by atoms with E-state index in [9.17, 15) is 18.0 Å². The highest BCUT2D eigenvalue weighted by molar-refractivity contribution is 5.67. The average molecular weight is 505 g/mol. The normalized spacial score (nSPS) is 12.5. The van der Waals surface area contributed by atoms with Gasteiger partial charge in [-0.25, -0.2) is 4.68 Å². The number of aliphatic carboxylic acids is 1. The Morgan fingerprint density at radius 1 is 1.08 bits per heavy atom. The number of aryl methyl sites for hydroxylation is 2. The fourth-order valence-corrected chi connectivity index (χ4v) is 3.13. The second-order valence-corrected chi connectivity index (χ2v) is 10.5. The van der Waals surface area contributed by atoms with Gasteiger partial charge in [-0.15, -0.1) is 0 Å². The largest absolute Gasteiger partial charge is 0.493 e. The maximum atomic E-state index is 12.7. The monoisotopic (exact) mass is 504 g/mol. The Morgan fingerprint density at radius 2 is 1.69 bits per heavy atom. The van der Waals surface area contributed by atoms with Crippen molar-refractivity contribution in [3.05, 3.63) is 77.1 Å². The molecule has 1 atom stereocenters. The molecule has 36 heavy (non-hydrogen) atoms. The summed E-state index contributed by atoms with van der Waals surface area (Å²) in [5, 5.41) is 13.1. The van der Waals surface area contributed by atoms with Crippen LogP contribution in [-0.2, 0) is 17.4 Å². The van der Waals surface area contributed by atoms with Gasteiger partial charge in [0.25, 0.3) is 0 Å². The van der Waals surface area contributed by atoms with E-state index in [0.29, 0.717) is 29.9 Å². The maximum absolute atomic E-state index is 12.7. The Kier molecular flexibility index (Phi) is 9.73. The Balaban J connectivity index is 0.000000830. The summed E-state index contributed by atoms with van der Waals surface area (Å²) < 4.78 is 45.6. The summed E-state index contributed by atoms with van der Waals surface area (Å²) in [6, 6.07) is 10.4. The average Bonchev–Trinajstić information content (AvgIpc) is 3.25. The van der Waals surface area contributed by atoms with Crippen molar-refractivity contribution in [1.82, 2.24) is 9.78 Å². The highest BCUT2D eigenvalue weighted by atomic mass is 19.4. The number of alkyl halides is 3. The molecule has 0 aliphatic carbocycles. The lowest BCUT2D eigenvalue weighted by Gasteiger charge is -2.13. The number of halogens is 3. The quantitative estimate of drug-likeness (QED) is 0.346. The molecule has 196 valence electrons. The number of aromatic nitrogens is 2. The molecule has 1 N–H and O–H groups in total. The number of carbonyl (C=O) groups is 1. The van der Waals surface area contributed by atoms with Crippen LogP contribution in [-0.4, -0.2) is 27.5 Å². The fraction of sp³-hybridized carbons (Fsp3) is 0.429. The molecule has 5 nitrogen and oxygen atoms in total. The standard InChI is InChI=1S/C23H23F3N2O3.C5H12/c1-15-11-21(9-3-17(15)4-10-22(29)30)31-14-16(2)18-12-27-28(13-18)20-7-5-19(6-8-20)23(24,25)26;1-5(2,3)4/h3,5-9,11-13,16H,4,10,14H2,1-2H3,(H,29,30);1-4H3. The van der Waals surface area contributed by atoms with Crippen molar-refractivity contribution in [2.75, 3.05) is 6.61 Å². The van der Waals surface area contributed by atoms with E-state index in [1.54, 1.807) is 12.4 Å². The third-order valence-corrected chi connectivity index (χ3v) is 5.05. The molecule has 0 amide bonds. The number of carboxylic acids is 1. The number of hydrogen-bond acceptors (Lipinski definition) is 3. The van der Waals surface area contributed by atoms with Crippen molar-refractivity contribution < 1.29 is 27.8 Å². The molecule has 0 radical (unpaired) electrons. The van der Waals surface area contributed by atoms with Crippen molar-refractivity contribution in [1.29, 1.82) is 0 Å². The highest BCUT2D eigenvalue weighted by Gasteiger charge is 2.30. The Morgan fingerprint density at radius 3 is 2.22 bits per heavy atom. The lowest BCUT2D eigenvalue weighted by Crippen LogP contribution is -2.07. The topological polar surface area (TPSA) is 64.4 Å². The molecule has 0 aliphatic heterocycles. The first-order valence-electron chi connectivity index (χ1n) is 11.8. The van der Waals surface area contributed by atoms with Crippen LogP contribution in [0.3, 0.4) is 0 Å². The maximum Gasteiger partial charge on any atom is 0.416 e. The van der Waals surface area contributed by atoms with Gasteiger partial charge in [-0.1, -0.05) is 40.7 Å². The van der Waals surface area contributed by atoms with Crippen LogP contribution >= 0.6 is 0 Å². The molecule has 8 heteroatoms. The Bertz CT molecular complexity index is 1120. The van der Waals surface area contributed by atoms with Gasteiger partial charge < -0.3 is 9.84 Å². The van der Waals surface area contributed by atoms with E-state index in [1.807, 2.05) is 32.0 Å². The first kappa shape index (κ1) is 28.9. The van der Waals surface area contributed by atoms with E-state index >= 15 is 0 Å². The number of nitrogens with zero attached hydrogens (tertiary/aromatic N) is 2. The molecule has 0 fully saturated rings. The summed E-state index contributed by atoms with van der Waals surface area (Å²) in [7, 11) is 0. The van der Waals surface area contributed by atoms with Gasteiger partial charge in [0.15, 0.2) is 0 Å². The predicted octanol–water partition coefficient (Wildman–Crippen LogP) is 7.45. The highest BCUT2D eigenvalue weighted by Crippen LogP contribution is 2.30. The van der Waals surface area contributed by atoms with Gasteiger partial charge in [0.05, 0.1) is 24.1 Å². The SMILES string of the molecule is CC(C)(C)C.Cc1cc(OCC(C)c2cnn(-c3ccc(C(F)(F)F)cc3)c2)ccc1CCC(=O)O. The third-order valence-electron chi connectivity index (χ3n) is 5.05. The minimum atomic E-state index is -4.37. The summed E-state index contributed by atoms with van der Waals surface area (Å²) in [5.74, 6) is -0.126. The zero-order chi connectivity index (χ0) is 27.1. The van der Waals surface area contributed by atoms with Crippen LogP contribution in [0.2, 0.25) is 0 Å². The van der Waals surface area contributed by atoms with Gasteiger partial charge in [-0.2, -0.15) is 18.3 Å². The lowest BCUT2D eigenvalue weighted by atomic mass is 10.0. The molecule has 1 heterocycles. The number of benzene rings is 2. The van der Waals surface area contributed by atoms with Gasteiger partial charge >= 0.3 is 12.1 Å². The minimum Gasteiger partial charge on any atom is -0.493 e. The Labute approximate surface area is 210 Å². The number of rotatable bonds is 8. The molecular weight excluding hydrogens is 469 g/mol. The molecule has 1 unspecified atom stereocenters. The van der Waals surface area contributed by atoms with Gasteiger partial charge in [0.1, 0.15) is 5.75 Å². The van der Waals surface area contributed by atoms with Crippen LogP contribution in [0.5, 0.6) is 5.75 Å². The molecule has 0 bridgehead atoms. The zero-order valence-corrected chi connectivity index (χ0v) is 21.7. The van der Waals surface area contributed by atoms with Crippen molar-refractivity contribution in [2.45, 2.75) is 66.5 Å². The molecule has 0 saturated heterocycles. The molecule has 2 aromatic carbocycles. The molecule has 3 aromatic rings. The van der Waals surface area contributed by atoms with Crippen LogP contribution < -0.4 is 4.74 Å². The van der Waals surface area contributed by atoms with E-state index in [-0.39, 0.29) is 12.3 Å². The van der Waals surface area contributed by atoms with Crippen LogP contribution in [0, 0.1) is 12.3 Å². The second kappa shape index (κ2) is 12.1. The summed E-state index contributed by atoms with van der Waals surface area (Å²) in [4.78, 5) is 10.7. The molecule has 1 aromatic heterocycles. The van der Waals surface area contributed by atoms with E-state index in [2.05, 4.69) is 32.8 Å². The van der Waals surface area contributed by atoms with Gasteiger partial charge in [-0.3, -0.25) is 4.79 Å². The third kappa shape index (κ3) is 9.76. The number of hydrogen-bond donors (Lipinski definition) is 1. The van der Waals surface area contributed by atoms with Crippen molar-refractivity contribution in [2.24, 2.45) is 5.41 Å². The number of carboxylic acid groups (broad SMARTS) is 1. The molecular formula is C28H35F3N2O3. The minimum absolute atomic E-state index is 0.00944. The molecule has 0 spiro atoms. The lowest BCUT2D eigenvalue weighted by molar-refractivity contribution is -0.138. The van der Waals surface area contributed by atoms with E-state index in [4.69, 9.17) is 9.84 Å². The van der Waals surface area contributed by atoms with Gasteiger partial charge in [-0.05, 0) is 71.8 Å². The van der Waals surface area contributed by atoms with E-state index in [1.165, 1.54) is 16.8 Å². The van der Waals surface area contributed by atoms with Gasteiger partial charge in [0, 0.05) is 18.5 Å². The van der Waals surface area contributed by atoms with Crippen LogP contribution in [0.1, 0.15) is 69.2 Å². The summed E-state index contributed by atoms with van der Waals surface area (Å²) in [5.41, 5.74) is 3.19. The zero-order valence-electron chi connectivity index (χ0n) is 21.7. The molecule has 3 rings (SSSR count). The predicted molar refractivity (Wildman–Crippen MR) is 135 cm³/mol. The van der Waals surface area contributed by atoms with Gasteiger partial charge in [0.2, 0.25) is 0 Å². The Hall–Kier alpha value is -3.29. The summed E-state index contributed by atoms with van der Waals surface area (Å²) in [6.45, 7) is 13.0. The van der Waals surface area contributed by atoms with Crippen LogP contribution in [0.15, 0.2) is 54.9 Å². The first-order valence-corrected chi connectivity index (χ1v) is 11.8. The second-order valence-electron chi connectivity index (χ2n) is 10.5. The number of ether oxygens (including phenoxy) is 1. The molecule has 0 aliphatic rings. The van der Waals surface area contributed by atoms with Crippen molar-refractivity contribution in [3.63, 3.8) is 0 Å². The van der Waals surface area contributed by atoms with Crippen LogP contribution in [0.25, 0.3) is 5.69 Å². The smallest absolute Gasteiger partial charge is 0.416 e. The first-order chi connectivity index (χ1) is 16.6. The van der Waals surface area contributed by atoms with Crippen molar-refractivity contribution in [3.8, 4) is 11.4 Å². The molecule has 0 saturated carbocycles. The summed E-state index contributed by atoms with van der Waals surface area (Å²) >= 11 is 0. The van der Waals surface area contributed by atoms with Crippen LogP contribution in [0.4, 0.5) is 13.2 Å². The van der Waals surface area contributed by atoms with Crippen molar-refractivity contribution >= 4 is 5.97 Å². The fourth-order valence-electron chi connectivity index (χ4n) is 3.13. The van der Waals surface area contributed by atoms with E-state index < -0.39 is 17.7 Å². The summed E-state index contributed by atoms with van der Waals surface area (Å²) in [6.07, 6.45) is -0.364. The van der Waals surface area contributed by atoms with E-state index in [0.717, 1.165) is 28.8 Å².